The van der Waals surface area contributed by atoms with E-state index in [9.17, 15) is 9.59 Å². The molecule has 1 atom stereocenters. The molecule has 1 fully saturated rings. The molecule has 0 aliphatic carbocycles. The maximum atomic E-state index is 12.4. The van der Waals surface area contributed by atoms with Gasteiger partial charge in [-0.15, -0.1) is 0 Å². The standard InChI is InChI=1S/C23H29N3O3/c1-29-20-11-5-9-19(15-20)17-26-14-13-25-23(28)21(26)16-22(27)24-12-6-10-18-7-3-2-4-8-18/h2-5,7-9,11,15,21H,6,10,12-14,16-17H2,1H3,(H,24,27)(H,25,28). The fourth-order valence-electron chi connectivity index (χ4n) is 3.59. The number of ether oxygens (including phenoxy) is 1. The van der Waals surface area contributed by atoms with Crippen molar-refractivity contribution in [2.75, 3.05) is 26.7 Å². The van der Waals surface area contributed by atoms with E-state index in [1.54, 1.807) is 7.11 Å². The third-order valence-electron chi connectivity index (χ3n) is 5.15. The van der Waals surface area contributed by atoms with Gasteiger partial charge in [-0.05, 0) is 36.1 Å². The van der Waals surface area contributed by atoms with Crippen LogP contribution in [0.3, 0.4) is 0 Å². The lowest BCUT2D eigenvalue weighted by molar-refractivity contribution is -0.134. The van der Waals surface area contributed by atoms with E-state index >= 15 is 0 Å². The van der Waals surface area contributed by atoms with E-state index in [4.69, 9.17) is 4.74 Å². The number of carbonyl (C=O) groups excluding carboxylic acids is 2. The molecule has 2 amide bonds. The molecule has 1 saturated heterocycles. The van der Waals surface area contributed by atoms with Gasteiger partial charge in [-0.3, -0.25) is 14.5 Å². The second-order valence-electron chi connectivity index (χ2n) is 7.27. The van der Waals surface area contributed by atoms with E-state index in [-0.39, 0.29) is 18.2 Å². The number of rotatable bonds is 9. The summed E-state index contributed by atoms with van der Waals surface area (Å²) in [6.45, 7) is 2.53. The highest BCUT2D eigenvalue weighted by atomic mass is 16.5. The molecule has 1 heterocycles. The predicted molar refractivity (Wildman–Crippen MR) is 113 cm³/mol. The van der Waals surface area contributed by atoms with Gasteiger partial charge in [0, 0.05) is 26.2 Å². The Morgan fingerprint density at radius 3 is 2.76 bits per heavy atom. The zero-order chi connectivity index (χ0) is 20.5. The number of benzene rings is 2. The first-order chi connectivity index (χ1) is 14.2. The normalized spacial score (nSPS) is 16.9. The number of amides is 2. The largest absolute Gasteiger partial charge is 0.497 e. The first-order valence-corrected chi connectivity index (χ1v) is 10.1. The monoisotopic (exact) mass is 395 g/mol. The van der Waals surface area contributed by atoms with E-state index in [1.807, 2.05) is 42.5 Å². The highest BCUT2D eigenvalue weighted by Gasteiger charge is 2.31. The molecule has 29 heavy (non-hydrogen) atoms. The summed E-state index contributed by atoms with van der Waals surface area (Å²) in [5.41, 5.74) is 2.32. The Morgan fingerprint density at radius 1 is 1.17 bits per heavy atom. The van der Waals surface area contributed by atoms with Gasteiger partial charge < -0.3 is 15.4 Å². The van der Waals surface area contributed by atoms with Crippen molar-refractivity contribution >= 4 is 11.8 Å². The van der Waals surface area contributed by atoms with Crippen molar-refractivity contribution in [2.45, 2.75) is 31.8 Å². The lowest BCUT2D eigenvalue weighted by Crippen LogP contribution is -2.56. The van der Waals surface area contributed by atoms with Crippen LogP contribution in [0.15, 0.2) is 54.6 Å². The van der Waals surface area contributed by atoms with Gasteiger partial charge >= 0.3 is 0 Å². The Kier molecular flexibility index (Phi) is 7.64. The molecule has 1 unspecified atom stereocenters. The summed E-state index contributed by atoms with van der Waals surface area (Å²) < 4.78 is 5.28. The van der Waals surface area contributed by atoms with Crippen LogP contribution >= 0.6 is 0 Å². The van der Waals surface area contributed by atoms with E-state index in [2.05, 4.69) is 27.7 Å². The van der Waals surface area contributed by atoms with Crippen LogP contribution < -0.4 is 15.4 Å². The van der Waals surface area contributed by atoms with Gasteiger partial charge in [-0.2, -0.15) is 0 Å². The van der Waals surface area contributed by atoms with Crippen molar-refractivity contribution in [3.8, 4) is 5.75 Å². The number of methoxy groups -OCH3 is 1. The zero-order valence-electron chi connectivity index (χ0n) is 16.9. The van der Waals surface area contributed by atoms with Crippen molar-refractivity contribution in [2.24, 2.45) is 0 Å². The second kappa shape index (κ2) is 10.6. The van der Waals surface area contributed by atoms with E-state index in [0.29, 0.717) is 19.6 Å². The summed E-state index contributed by atoms with van der Waals surface area (Å²) in [7, 11) is 1.64. The molecule has 0 aromatic heterocycles. The van der Waals surface area contributed by atoms with Crippen LogP contribution in [0.5, 0.6) is 5.75 Å². The highest BCUT2D eigenvalue weighted by molar-refractivity contribution is 5.88. The SMILES string of the molecule is COc1cccc(CN2CCNC(=O)C2CC(=O)NCCCc2ccccc2)c1. The molecule has 3 rings (SSSR count). The third-order valence-corrected chi connectivity index (χ3v) is 5.15. The van der Waals surface area contributed by atoms with Crippen molar-refractivity contribution in [3.63, 3.8) is 0 Å². The number of piperazine rings is 1. The Hall–Kier alpha value is -2.86. The molecule has 6 heteroatoms. The summed E-state index contributed by atoms with van der Waals surface area (Å²) in [6.07, 6.45) is 1.97. The first-order valence-electron chi connectivity index (χ1n) is 10.1. The Balaban J connectivity index is 1.50. The smallest absolute Gasteiger partial charge is 0.237 e. The Bertz CT molecular complexity index is 810. The van der Waals surface area contributed by atoms with Crippen LogP contribution in [-0.2, 0) is 22.6 Å². The molecule has 1 aliphatic heterocycles. The Labute approximate surface area is 172 Å². The summed E-state index contributed by atoms with van der Waals surface area (Å²) in [5, 5.41) is 5.84. The summed E-state index contributed by atoms with van der Waals surface area (Å²) >= 11 is 0. The van der Waals surface area contributed by atoms with Gasteiger partial charge in [0.2, 0.25) is 11.8 Å². The highest BCUT2D eigenvalue weighted by Crippen LogP contribution is 2.18. The number of hydrogen-bond donors (Lipinski definition) is 2. The average molecular weight is 396 g/mol. The second-order valence-corrected chi connectivity index (χ2v) is 7.27. The van der Waals surface area contributed by atoms with Crippen LogP contribution in [0.25, 0.3) is 0 Å². The number of nitrogens with zero attached hydrogens (tertiary/aromatic N) is 1. The van der Waals surface area contributed by atoms with Gasteiger partial charge in [-0.1, -0.05) is 42.5 Å². The lowest BCUT2D eigenvalue weighted by Gasteiger charge is -2.34. The van der Waals surface area contributed by atoms with Gasteiger partial charge in [0.25, 0.3) is 0 Å². The minimum Gasteiger partial charge on any atom is -0.497 e. The molecule has 6 nitrogen and oxygen atoms in total. The van der Waals surface area contributed by atoms with Crippen LogP contribution in [0.1, 0.15) is 24.0 Å². The molecule has 1 aliphatic rings. The summed E-state index contributed by atoms with van der Waals surface area (Å²) in [6, 6.07) is 17.6. The van der Waals surface area contributed by atoms with Crippen LogP contribution in [0.4, 0.5) is 0 Å². The zero-order valence-corrected chi connectivity index (χ0v) is 16.9. The van der Waals surface area contributed by atoms with Crippen LogP contribution in [0.2, 0.25) is 0 Å². The quantitative estimate of drug-likeness (QED) is 0.638. The van der Waals surface area contributed by atoms with E-state index in [0.717, 1.165) is 30.7 Å². The van der Waals surface area contributed by atoms with Crippen molar-refractivity contribution in [1.82, 2.24) is 15.5 Å². The predicted octanol–water partition coefficient (Wildman–Crippen LogP) is 2.13. The van der Waals surface area contributed by atoms with E-state index < -0.39 is 6.04 Å². The molecule has 2 N–H and O–H groups in total. The van der Waals surface area contributed by atoms with Crippen molar-refractivity contribution in [1.29, 1.82) is 0 Å². The number of aryl methyl sites for hydroxylation is 1. The minimum absolute atomic E-state index is 0.0846. The molecular formula is C23H29N3O3. The molecular weight excluding hydrogens is 366 g/mol. The summed E-state index contributed by atoms with van der Waals surface area (Å²) in [5.74, 6) is 0.617. The van der Waals surface area contributed by atoms with Gasteiger partial charge in [0.1, 0.15) is 5.75 Å². The van der Waals surface area contributed by atoms with E-state index in [1.165, 1.54) is 5.56 Å². The van der Waals surface area contributed by atoms with Crippen LogP contribution in [-0.4, -0.2) is 49.5 Å². The summed E-state index contributed by atoms with van der Waals surface area (Å²) in [4.78, 5) is 26.9. The fourth-order valence-corrected chi connectivity index (χ4v) is 3.59. The number of hydrogen-bond acceptors (Lipinski definition) is 4. The maximum Gasteiger partial charge on any atom is 0.237 e. The molecule has 0 saturated carbocycles. The molecule has 0 radical (unpaired) electrons. The van der Waals surface area contributed by atoms with Gasteiger partial charge in [-0.25, -0.2) is 0 Å². The molecule has 154 valence electrons. The van der Waals surface area contributed by atoms with Crippen molar-refractivity contribution in [3.05, 3.63) is 65.7 Å². The third kappa shape index (κ3) is 6.32. The average Bonchev–Trinajstić information content (AvgIpc) is 2.74. The first kappa shape index (κ1) is 20.9. The molecule has 2 aromatic carbocycles. The maximum absolute atomic E-state index is 12.4. The molecule has 0 spiro atoms. The molecule has 2 aromatic rings. The lowest BCUT2D eigenvalue weighted by atomic mass is 10.1. The fraction of sp³-hybridized carbons (Fsp3) is 0.391. The van der Waals surface area contributed by atoms with Crippen molar-refractivity contribution < 1.29 is 14.3 Å². The minimum atomic E-state index is -0.455. The van der Waals surface area contributed by atoms with Crippen LogP contribution in [0, 0.1) is 0 Å². The van der Waals surface area contributed by atoms with Gasteiger partial charge in [0.15, 0.2) is 0 Å². The van der Waals surface area contributed by atoms with Gasteiger partial charge in [0.05, 0.1) is 19.6 Å². The number of carbonyl (C=O) groups is 2. The topological polar surface area (TPSA) is 70.7 Å². The number of nitrogens with one attached hydrogen (secondary N) is 2. The Morgan fingerprint density at radius 2 is 1.97 bits per heavy atom. The molecule has 0 bridgehead atoms.